The summed E-state index contributed by atoms with van der Waals surface area (Å²) in [5, 5.41) is 4.98. The molecule has 1 aromatic carbocycles. The summed E-state index contributed by atoms with van der Waals surface area (Å²) in [5.41, 5.74) is 2.64. The Bertz CT molecular complexity index is 565. The second-order valence-electron chi connectivity index (χ2n) is 5.56. The second-order valence-corrected chi connectivity index (χ2v) is 6.62. The summed E-state index contributed by atoms with van der Waals surface area (Å²) in [6.45, 7) is 1.16. The van der Waals surface area contributed by atoms with E-state index in [4.69, 9.17) is 4.98 Å². The third kappa shape index (κ3) is 1.95. The van der Waals surface area contributed by atoms with Crippen LogP contribution >= 0.6 is 11.3 Å². The highest BCUT2D eigenvalue weighted by molar-refractivity contribution is 7.18. The molecule has 1 saturated carbocycles. The van der Waals surface area contributed by atoms with E-state index in [1.54, 1.807) is 0 Å². The molecule has 1 unspecified atom stereocenters. The van der Waals surface area contributed by atoms with Crippen LogP contribution in [0.4, 0.5) is 0 Å². The smallest absolute Gasteiger partial charge is 0.0969 e. The van der Waals surface area contributed by atoms with Crippen LogP contribution in [0.1, 0.15) is 54.6 Å². The highest BCUT2D eigenvalue weighted by Crippen LogP contribution is 2.43. The fourth-order valence-corrected chi connectivity index (χ4v) is 3.94. The lowest BCUT2D eigenvalue weighted by molar-refractivity contribution is 0.412. The van der Waals surface area contributed by atoms with Gasteiger partial charge in [-0.3, -0.25) is 0 Å². The average Bonchev–Trinajstić information content (AvgIpc) is 3.19. The van der Waals surface area contributed by atoms with E-state index in [1.807, 2.05) is 11.3 Å². The number of fused-ring (bicyclic) bond motifs is 1. The minimum Gasteiger partial charge on any atom is -0.310 e. The van der Waals surface area contributed by atoms with Gasteiger partial charge < -0.3 is 5.32 Å². The molecule has 1 N–H and O–H groups in total. The molecule has 94 valence electrons. The molecule has 18 heavy (non-hydrogen) atoms. The molecule has 1 aliphatic carbocycles. The van der Waals surface area contributed by atoms with E-state index in [0.29, 0.717) is 6.04 Å². The van der Waals surface area contributed by atoms with Gasteiger partial charge in [-0.2, -0.15) is 0 Å². The van der Waals surface area contributed by atoms with Gasteiger partial charge in [-0.05, 0) is 49.9 Å². The molecule has 1 atom stereocenters. The lowest BCUT2D eigenvalue weighted by Gasteiger charge is -2.23. The number of piperidine rings is 1. The molecule has 0 radical (unpaired) electrons. The number of aromatic nitrogens is 1. The SMILES string of the molecule is c1cc2sc(C3CC3)nc2cc1C1CCCCN1. The van der Waals surface area contributed by atoms with E-state index in [-0.39, 0.29) is 0 Å². The molecule has 2 aliphatic rings. The van der Waals surface area contributed by atoms with Crippen LogP contribution in [-0.4, -0.2) is 11.5 Å². The van der Waals surface area contributed by atoms with Crippen molar-refractivity contribution >= 4 is 21.6 Å². The van der Waals surface area contributed by atoms with E-state index in [1.165, 1.54) is 52.9 Å². The molecule has 2 nitrogen and oxygen atoms in total. The lowest BCUT2D eigenvalue weighted by atomic mass is 9.97. The third-order valence-corrected chi connectivity index (χ3v) is 5.27. The third-order valence-electron chi connectivity index (χ3n) is 4.07. The minimum atomic E-state index is 0.550. The van der Waals surface area contributed by atoms with Gasteiger partial charge in [0.2, 0.25) is 0 Å². The molecule has 1 aliphatic heterocycles. The topological polar surface area (TPSA) is 24.9 Å². The van der Waals surface area contributed by atoms with E-state index in [0.717, 1.165) is 12.5 Å². The summed E-state index contributed by atoms with van der Waals surface area (Å²) >= 11 is 1.89. The largest absolute Gasteiger partial charge is 0.310 e. The number of nitrogens with one attached hydrogen (secondary N) is 1. The molecule has 2 heterocycles. The predicted molar refractivity (Wildman–Crippen MR) is 76.2 cm³/mol. The Balaban J connectivity index is 1.69. The molecule has 2 fully saturated rings. The Kier molecular flexibility index (Phi) is 2.63. The van der Waals surface area contributed by atoms with Gasteiger partial charge >= 0.3 is 0 Å². The van der Waals surface area contributed by atoms with Gasteiger partial charge in [0.05, 0.1) is 15.2 Å². The van der Waals surface area contributed by atoms with Crippen molar-refractivity contribution in [3.05, 3.63) is 28.8 Å². The lowest BCUT2D eigenvalue weighted by Crippen LogP contribution is -2.26. The van der Waals surface area contributed by atoms with Crippen LogP contribution in [0.15, 0.2) is 18.2 Å². The second kappa shape index (κ2) is 4.32. The first-order valence-corrected chi connectivity index (χ1v) is 7.85. The van der Waals surface area contributed by atoms with Gasteiger partial charge in [0.15, 0.2) is 0 Å². The van der Waals surface area contributed by atoms with Gasteiger partial charge in [0, 0.05) is 12.0 Å². The predicted octanol–water partition coefficient (Wildman–Crippen LogP) is 3.99. The summed E-state index contributed by atoms with van der Waals surface area (Å²) in [5.74, 6) is 0.777. The Morgan fingerprint density at radius 2 is 2.11 bits per heavy atom. The van der Waals surface area contributed by atoms with Gasteiger partial charge in [-0.15, -0.1) is 11.3 Å². The number of hydrogen-bond donors (Lipinski definition) is 1. The molecule has 4 rings (SSSR count). The maximum absolute atomic E-state index is 4.82. The van der Waals surface area contributed by atoms with Crippen LogP contribution in [0, 0.1) is 0 Å². The van der Waals surface area contributed by atoms with Crippen molar-refractivity contribution in [2.24, 2.45) is 0 Å². The molecule has 0 bridgehead atoms. The van der Waals surface area contributed by atoms with Crippen LogP contribution in [0.3, 0.4) is 0 Å². The van der Waals surface area contributed by atoms with Crippen molar-refractivity contribution in [1.82, 2.24) is 10.3 Å². The van der Waals surface area contributed by atoms with Crippen molar-refractivity contribution in [2.75, 3.05) is 6.54 Å². The van der Waals surface area contributed by atoms with Crippen LogP contribution in [0.2, 0.25) is 0 Å². The number of hydrogen-bond acceptors (Lipinski definition) is 3. The fourth-order valence-electron chi connectivity index (χ4n) is 2.82. The van der Waals surface area contributed by atoms with E-state index in [9.17, 15) is 0 Å². The molecule has 2 aromatic rings. The fraction of sp³-hybridized carbons (Fsp3) is 0.533. The highest BCUT2D eigenvalue weighted by Gasteiger charge is 2.27. The number of benzene rings is 1. The maximum Gasteiger partial charge on any atom is 0.0969 e. The van der Waals surface area contributed by atoms with Crippen LogP contribution in [0.25, 0.3) is 10.2 Å². The summed E-state index contributed by atoms with van der Waals surface area (Å²) in [6, 6.07) is 7.42. The van der Waals surface area contributed by atoms with E-state index in [2.05, 4.69) is 23.5 Å². The summed E-state index contributed by atoms with van der Waals surface area (Å²) in [7, 11) is 0. The van der Waals surface area contributed by atoms with Gasteiger partial charge in [-0.25, -0.2) is 4.98 Å². The Morgan fingerprint density at radius 1 is 1.17 bits per heavy atom. The molecule has 1 saturated heterocycles. The van der Waals surface area contributed by atoms with Crippen molar-refractivity contribution in [1.29, 1.82) is 0 Å². The molecule has 1 aromatic heterocycles. The van der Waals surface area contributed by atoms with Crippen LogP contribution in [-0.2, 0) is 0 Å². The first-order chi connectivity index (χ1) is 8.90. The highest BCUT2D eigenvalue weighted by atomic mass is 32.1. The first-order valence-electron chi connectivity index (χ1n) is 7.04. The zero-order chi connectivity index (χ0) is 11.9. The zero-order valence-electron chi connectivity index (χ0n) is 10.5. The number of thiazole rings is 1. The van der Waals surface area contributed by atoms with Gasteiger partial charge in [0.1, 0.15) is 0 Å². The van der Waals surface area contributed by atoms with Crippen molar-refractivity contribution in [2.45, 2.75) is 44.1 Å². The summed E-state index contributed by atoms with van der Waals surface area (Å²) < 4.78 is 1.36. The molecule has 0 spiro atoms. The first kappa shape index (κ1) is 10.9. The molecular formula is C15H18N2S. The summed E-state index contributed by atoms with van der Waals surface area (Å²) in [6.07, 6.45) is 6.63. The monoisotopic (exact) mass is 258 g/mol. The summed E-state index contributed by atoms with van der Waals surface area (Å²) in [4.78, 5) is 4.82. The number of rotatable bonds is 2. The normalized spacial score (nSPS) is 24.6. The van der Waals surface area contributed by atoms with Crippen molar-refractivity contribution < 1.29 is 0 Å². The Hall–Kier alpha value is -0.930. The zero-order valence-corrected chi connectivity index (χ0v) is 11.3. The van der Waals surface area contributed by atoms with Crippen molar-refractivity contribution in [3.63, 3.8) is 0 Å². The quantitative estimate of drug-likeness (QED) is 0.881. The maximum atomic E-state index is 4.82. The van der Waals surface area contributed by atoms with Crippen LogP contribution < -0.4 is 5.32 Å². The minimum absolute atomic E-state index is 0.550. The van der Waals surface area contributed by atoms with E-state index >= 15 is 0 Å². The van der Waals surface area contributed by atoms with Gasteiger partial charge in [0.25, 0.3) is 0 Å². The van der Waals surface area contributed by atoms with E-state index < -0.39 is 0 Å². The van der Waals surface area contributed by atoms with Crippen molar-refractivity contribution in [3.8, 4) is 0 Å². The van der Waals surface area contributed by atoms with Gasteiger partial charge in [-0.1, -0.05) is 12.5 Å². The Labute approximate surface area is 111 Å². The number of nitrogens with zero attached hydrogens (tertiary/aromatic N) is 1. The Morgan fingerprint density at radius 3 is 2.89 bits per heavy atom. The molecule has 0 amide bonds. The average molecular weight is 258 g/mol. The molecule has 3 heteroatoms. The van der Waals surface area contributed by atoms with Crippen LogP contribution in [0.5, 0.6) is 0 Å². The standard InChI is InChI=1S/C15H18N2S/c1-2-8-16-12(3-1)11-6-7-14-13(9-11)17-15(18-14)10-4-5-10/h6-7,9-10,12,16H,1-5,8H2. The molecular weight excluding hydrogens is 240 g/mol.